The summed E-state index contributed by atoms with van der Waals surface area (Å²) in [5.74, 6) is 0. The Hall–Kier alpha value is -0.980. The molecule has 0 aliphatic rings. The average molecular weight is 373 g/mol. The topological polar surface area (TPSA) is 3.24 Å². The Morgan fingerprint density at radius 1 is 0.593 bits per heavy atom. The molecule has 0 saturated heterocycles. The Kier molecular flexibility index (Phi) is 16.4. The minimum absolute atomic E-state index is 1.20. The van der Waals surface area contributed by atoms with Crippen LogP contribution in [0.2, 0.25) is 0 Å². The summed E-state index contributed by atoms with van der Waals surface area (Å²) < 4.78 is 0. The second kappa shape index (κ2) is 18.4. The van der Waals surface area contributed by atoms with Crippen LogP contribution < -0.4 is 4.90 Å². The first kappa shape index (κ1) is 24.1. The number of para-hydroxylation sites is 1. The molecule has 0 saturated carbocycles. The highest BCUT2D eigenvalue weighted by Gasteiger charge is 2.06. The van der Waals surface area contributed by atoms with Crippen molar-refractivity contribution in [1.29, 1.82) is 0 Å². The first-order chi connectivity index (χ1) is 13.4. The van der Waals surface area contributed by atoms with Gasteiger partial charge in [0.25, 0.3) is 0 Å². The van der Waals surface area contributed by atoms with Crippen LogP contribution in [0.3, 0.4) is 0 Å². The lowest BCUT2D eigenvalue weighted by Gasteiger charge is -2.24. The van der Waals surface area contributed by atoms with Crippen LogP contribution in [0.5, 0.6) is 0 Å². The molecule has 0 aromatic heterocycles. The van der Waals surface area contributed by atoms with Crippen LogP contribution in [0.15, 0.2) is 24.3 Å². The first-order valence-electron chi connectivity index (χ1n) is 12.1. The fraction of sp³-hybridized carbons (Fsp3) is 0.769. The Morgan fingerprint density at radius 3 is 1.44 bits per heavy atom. The molecule has 0 amide bonds. The van der Waals surface area contributed by atoms with Crippen molar-refractivity contribution < 1.29 is 0 Å². The molecule has 0 heterocycles. The molecule has 1 rings (SSSR count). The van der Waals surface area contributed by atoms with Gasteiger partial charge in [-0.3, -0.25) is 0 Å². The van der Waals surface area contributed by atoms with E-state index in [4.69, 9.17) is 0 Å². The molecule has 0 atom stereocenters. The van der Waals surface area contributed by atoms with Gasteiger partial charge in [-0.2, -0.15) is 0 Å². The standard InChI is InChI=1S/C26H46N/c1-3-5-7-9-11-13-15-20-24-27(26-22-18-17-19-23-26)25-21-16-14-12-10-8-6-4-2/h17-19,22H,3-16,20-21,24-25H2,1-2H3. The molecule has 0 N–H and O–H groups in total. The van der Waals surface area contributed by atoms with E-state index >= 15 is 0 Å². The monoisotopic (exact) mass is 372 g/mol. The number of anilines is 1. The zero-order valence-electron chi connectivity index (χ0n) is 18.5. The number of nitrogens with zero attached hydrogens (tertiary/aromatic N) is 1. The van der Waals surface area contributed by atoms with E-state index in [2.05, 4.69) is 49.1 Å². The first-order valence-corrected chi connectivity index (χ1v) is 12.1. The van der Waals surface area contributed by atoms with Crippen molar-refractivity contribution in [3.63, 3.8) is 0 Å². The number of unbranched alkanes of at least 4 members (excludes halogenated alkanes) is 14. The van der Waals surface area contributed by atoms with Gasteiger partial charge in [-0.05, 0) is 18.9 Å². The van der Waals surface area contributed by atoms with Gasteiger partial charge in [0.15, 0.2) is 0 Å². The highest BCUT2D eigenvalue weighted by atomic mass is 15.1. The van der Waals surface area contributed by atoms with Crippen molar-refractivity contribution in [1.82, 2.24) is 0 Å². The van der Waals surface area contributed by atoms with Gasteiger partial charge in [0.2, 0.25) is 0 Å². The largest absolute Gasteiger partial charge is 0.371 e. The van der Waals surface area contributed by atoms with Gasteiger partial charge in [-0.15, -0.1) is 0 Å². The zero-order valence-corrected chi connectivity index (χ0v) is 18.5. The molecule has 0 fully saturated rings. The lowest BCUT2D eigenvalue weighted by molar-refractivity contribution is 0.555. The summed E-state index contributed by atoms with van der Waals surface area (Å²) in [7, 11) is 0. The molecule has 1 radical (unpaired) electrons. The van der Waals surface area contributed by atoms with Crippen molar-refractivity contribution in [2.24, 2.45) is 0 Å². The van der Waals surface area contributed by atoms with E-state index in [-0.39, 0.29) is 0 Å². The Labute approximate surface area is 170 Å². The molecular formula is C26H46N. The lowest BCUT2D eigenvalue weighted by Crippen LogP contribution is -2.25. The van der Waals surface area contributed by atoms with Crippen LogP contribution in [-0.2, 0) is 0 Å². The second-order valence-electron chi connectivity index (χ2n) is 8.18. The van der Waals surface area contributed by atoms with E-state index in [1.165, 1.54) is 122 Å². The summed E-state index contributed by atoms with van der Waals surface area (Å²) in [6, 6.07) is 12.0. The molecule has 0 bridgehead atoms. The lowest BCUT2D eigenvalue weighted by atomic mass is 10.1. The van der Waals surface area contributed by atoms with Crippen LogP contribution >= 0.6 is 0 Å². The van der Waals surface area contributed by atoms with Crippen molar-refractivity contribution in [3.8, 4) is 0 Å². The summed E-state index contributed by atoms with van der Waals surface area (Å²) >= 11 is 0. The van der Waals surface area contributed by atoms with Crippen molar-refractivity contribution >= 4 is 5.69 Å². The number of hydrogen-bond donors (Lipinski definition) is 0. The smallest absolute Gasteiger partial charge is 0.0446 e. The van der Waals surface area contributed by atoms with E-state index in [9.17, 15) is 0 Å². The summed E-state index contributed by atoms with van der Waals surface area (Å²) in [5.41, 5.74) is 1.29. The third-order valence-corrected chi connectivity index (χ3v) is 5.60. The molecule has 1 nitrogen and oxygen atoms in total. The van der Waals surface area contributed by atoms with Gasteiger partial charge >= 0.3 is 0 Å². The number of hydrogen-bond acceptors (Lipinski definition) is 1. The van der Waals surface area contributed by atoms with Crippen LogP contribution in [0.1, 0.15) is 117 Å². The average Bonchev–Trinajstić information content (AvgIpc) is 2.71. The maximum atomic E-state index is 3.44. The Bertz CT molecular complexity index is 380. The van der Waals surface area contributed by atoms with E-state index < -0.39 is 0 Å². The minimum atomic E-state index is 1.20. The SMILES string of the molecule is CCCCCCCCCCN(CCCCCCCCCC)c1[c]cccc1. The predicted molar refractivity (Wildman–Crippen MR) is 123 cm³/mol. The molecule has 0 spiro atoms. The summed E-state index contributed by atoms with van der Waals surface area (Å²) in [6.45, 7) is 6.99. The van der Waals surface area contributed by atoms with Gasteiger partial charge in [0, 0.05) is 24.8 Å². The van der Waals surface area contributed by atoms with Gasteiger partial charge in [-0.25, -0.2) is 0 Å². The van der Waals surface area contributed by atoms with Crippen molar-refractivity contribution in [2.75, 3.05) is 18.0 Å². The van der Waals surface area contributed by atoms with Crippen molar-refractivity contribution in [2.45, 2.75) is 117 Å². The molecule has 0 aliphatic carbocycles. The van der Waals surface area contributed by atoms with Crippen LogP contribution in [0, 0.1) is 6.07 Å². The number of rotatable bonds is 19. The summed E-state index contributed by atoms with van der Waals surface area (Å²) in [4.78, 5) is 2.58. The quantitative estimate of drug-likeness (QED) is 0.220. The minimum Gasteiger partial charge on any atom is -0.371 e. The molecule has 27 heavy (non-hydrogen) atoms. The molecule has 0 unspecified atom stereocenters. The fourth-order valence-electron chi connectivity index (χ4n) is 3.81. The van der Waals surface area contributed by atoms with Crippen LogP contribution in [0.4, 0.5) is 5.69 Å². The third-order valence-electron chi connectivity index (χ3n) is 5.60. The molecule has 1 heteroatoms. The zero-order chi connectivity index (χ0) is 19.4. The Morgan fingerprint density at radius 2 is 1.04 bits per heavy atom. The molecule has 1 aromatic carbocycles. The fourth-order valence-corrected chi connectivity index (χ4v) is 3.81. The van der Waals surface area contributed by atoms with Gasteiger partial charge in [-0.1, -0.05) is 122 Å². The van der Waals surface area contributed by atoms with E-state index in [1.807, 2.05) is 0 Å². The summed E-state index contributed by atoms with van der Waals surface area (Å²) in [5, 5.41) is 0. The van der Waals surface area contributed by atoms with Gasteiger partial charge < -0.3 is 4.90 Å². The van der Waals surface area contributed by atoms with Crippen LogP contribution in [-0.4, -0.2) is 13.1 Å². The molecule has 1 aromatic rings. The van der Waals surface area contributed by atoms with E-state index in [1.54, 1.807) is 0 Å². The van der Waals surface area contributed by atoms with Crippen molar-refractivity contribution in [3.05, 3.63) is 30.3 Å². The van der Waals surface area contributed by atoms with Crippen LogP contribution in [0.25, 0.3) is 0 Å². The highest BCUT2D eigenvalue weighted by Crippen LogP contribution is 2.17. The third kappa shape index (κ3) is 13.8. The maximum Gasteiger partial charge on any atom is 0.0446 e. The maximum absolute atomic E-state index is 3.44. The molecule has 155 valence electrons. The molecular weight excluding hydrogens is 326 g/mol. The van der Waals surface area contributed by atoms with Gasteiger partial charge in [0.1, 0.15) is 0 Å². The Balaban J connectivity index is 2.17. The summed E-state index contributed by atoms with van der Waals surface area (Å²) in [6.07, 6.45) is 22.3. The van der Waals surface area contributed by atoms with Gasteiger partial charge in [0.05, 0.1) is 0 Å². The predicted octanol–water partition coefficient (Wildman–Crippen LogP) is 8.57. The normalized spacial score (nSPS) is 11.0. The number of benzene rings is 1. The highest BCUT2D eigenvalue weighted by molar-refractivity contribution is 5.44. The van der Waals surface area contributed by atoms with E-state index in [0.29, 0.717) is 0 Å². The second-order valence-corrected chi connectivity index (χ2v) is 8.18. The van der Waals surface area contributed by atoms with E-state index in [0.717, 1.165) is 0 Å². The molecule has 0 aliphatic heterocycles.